The molecule has 0 spiro atoms. The van der Waals surface area contributed by atoms with E-state index in [0.717, 1.165) is 25.2 Å². The van der Waals surface area contributed by atoms with Gasteiger partial charge in [0.15, 0.2) is 0 Å². The van der Waals surface area contributed by atoms with E-state index < -0.39 is 0 Å². The Labute approximate surface area is 118 Å². The number of hydrogen-bond donors (Lipinski definition) is 1. The number of rotatable bonds is 3. The quantitative estimate of drug-likeness (QED) is 0.802. The Morgan fingerprint density at radius 1 is 1.55 bits per heavy atom. The number of aryl methyl sites for hydroxylation is 1. The second-order valence-electron chi connectivity index (χ2n) is 5.50. The molecule has 0 aliphatic carbocycles. The minimum atomic E-state index is 0.139. The predicted octanol–water partition coefficient (Wildman–Crippen LogP) is -0.570. The van der Waals surface area contributed by atoms with Crippen LogP contribution in [0.2, 0.25) is 0 Å². The average molecular weight is 279 g/mol. The van der Waals surface area contributed by atoms with Crippen LogP contribution in [0.3, 0.4) is 0 Å². The highest BCUT2D eigenvalue weighted by Gasteiger charge is 2.23. The van der Waals surface area contributed by atoms with Crippen LogP contribution in [0.25, 0.3) is 0 Å². The maximum Gasteiger partial charge on any atom is 0.236 e. The van der Waals surface area contributed by atoms with Gasteiger partial charge in [-0.1, -0.05) is 0 Å². The van der Waals surface area contributed by atoms with Crippen molar-refractivity contribution in [3.05, 3.63) is 12.2 Å². The third-order valence-electron chi connectivity index (χ3n) is 3.94. The molecule has 110 valence electrons. The summed E-state index contributed by atoms with van der Waals surface area (Å²) in [6.07, 6.45) is 3.66. The monoisotopic (exact) mass is 279 g/mol. The fraction of sp³-hybridized carbons (Fsp3) is 0.769. The van der Waals surface area contributed by atoms with Gasteiger partial charge in [0.2, 0.25) is 5.91 Å². The largest absolute Gasteiger partial charge is 0.375 e. The standard InChI is InChI=1S/C13H21N5O2/c1-10-7-17(4-5-20-10)13(19)6-14-11-2-3-12-15-9-16-18(12)8-11/h9-11,14H,2-8H2,1H3. The molecule has 0 radical (unpaired) electrons. The summed E-state index contributed by atoms with van der Waals surface area (Å²) in [5, 5.41) is 7.53. The van der Waals surface area contributed by atoms with Crippen LogP contribution in [0.4, 0.5) is 0 Å². The summed E-state index contributed by atoms with van der Waals surface area (Å²) in [6, 6.07) is 0.298. The van der Waals surface area contributed by atoms with Crippen LogP contribution in [0.15, 0.2) is 6.33 Å². The summed E-state index contributed by atoms with van der Waals surface area (Å²) >= 11 is 0. The van der Waals surface area contributed by atoms with Crippen molar-refractivity contribution in [3.8, 4) is 0 Å². The molecule has 1 saturated heterocycles. The lowest BCUT2D eigenvalue weighted by Gasteiger charge is -2.32. The molecule has 1 aromatic heterocycles. The second kappa shape index (κ2) is 5.88. The number of hydrogen-bond acceptors (Lipinski definition) is 5. The molecule has 1 N–H and O–H groups in total. The van der Waals surface area contributed by atoms with Crippen LogP contribution in [-0.2, 0) is 22.5 Å². The zero-order valence-corrected chi connectivity index (χ0v) is 11.8. The first-order valence-corrected chi connectivity index (χ1v) is 7.22. The third-order valence-corrected chi connectivity index (χ3v) is 3.94. The van der Waals surface area contributed by atoms with Crippen LogP contribution in [0.5, 0.6) is 0 Å². The number of nitrogens with zero attached hydrogens (tertiary/aromatic N) is 4. The summed E-state index contributed by atoms with van der Waals surface area (Å²) in [5.41, 5.74) is 0. The molecule has 2 unspecified atom stereocenters. The normalized spacial score (nSPS) is 26.4. The lowest BCUT2D eigenvalue weighted by atomic mass is 10.1. The highest BCUT2D eigenvalue weighted by atomic mass is 16.5. The first kappa shape index (κ1) is 13.5. The van der Waals surface area contributed by atoms with Gasteiger partial charge < -0.3 is 15.0 Å². The molecule has 0 aromatic carbocycles. The fourth-order valence-electron chi connectivity index (χ4n) is 2.79. The zero-order valence-electron chi connectivity index (χ0n) is 11.8. The number of carbonyl (C=O) groups is 1. The number of morpholine rings is 1. The molecule has 1 aromatic rings. The summed E-state index contributed by atoms with van der Waals surface area (Å²) in [7, 11) is 0. The Balaban J connectivity index is 1.47. The first-order valence-electron chi connectivity index (χ1n) is 7.22. The van der Waals surface area contributed by atoms with Gasteiger partial charge >= 0.3 is 0 Å². The smallest absolute Gasteiger partial charge is 0.236 e. The maximum absolute atomic E-state index is 12.2. The van der Waals surface area contributed by atoms with E-state index in [9.17, 15) is 4.79 Å². The molecule has 1 amide bonds. The topological polar surface area (TPSA) is 72.3 Å². The van der Waals surface area contributed by atoms with Crippen molar-refractivity contribution in [1.82, 2.24) is 25.0 Å². The van der Waals surface area contributed by atoms with E-state index in [4.69, 9.17) is 4.74 Å². The van der Waals surface area contributed by atoms with Crippen molar-refractivity contribution in [2.24, 2.45) is 0 Å². The fourth-order valence-corrected chi connectivity index (χ4v) is 2.79. The molecule has 2 atom stereocenters. The van der Waals surface area contributed by atoms with Gasteiger partial charge in [0, 0.05) is 25.6 Å². The van der Waals surface area contributed by atoms with Crippen molar-refractivity contribution in [1.29, 1.82) is 0 Å². The predicted molar refractivity (Wildman–Crippen MR) is 72.1 cm³/mol. The molecule has 0 bridgehead atoms. The van der Waals surface area contributed by atoms with Gasteiger partial charge in [-0.15, -0.1) is 0 Å². The zero-order chi connectivity index (χ0) is 13.9. The molecule has 3 heterocycles. The molecular weight excluding hydrogens is 258 g/mol. The van der Waals surface area contributed by atoms with Gasteiger partial charge in [0.1, 0.15) is 12.2 Å². The summed E-state index contributed by atoms with van der Waals surface area (Å²) < 4.78 is 7.37. The number of ether oxygens (including phenoxy) is 1. The molecule has 0 saturated carbocycles. The highest BCUT2D eigenvalue weighted by molar-refractivity contribution is 5.78. The van der Waals surface area contributed by atoms with Gasteiger partial charge in [0.25, 0.3) is 0 Å². The molecule has 3 rings (SSSR count). The minimum Gasteiger partial charge on any atom is -0.375 e. The van der Waals surface area contributed by atoms with E-state index in [1.165, 1.54) is 0 Å². The SMILES string of the molecule is CC1CN(C(=O)CNC2CCc3ncnn3C2)CCO1. The average Bonchev–Trinajstić information content (AvgIpc) is 2.92. The van der Waals surface area contributed by atoms with Gasteiger partial charge in [-0.3, -0.25) is 4.79 Å². The maximum atomic E-state index is 12.2. The van der Waals surface area contributed by atoms with E-state index in [2.05, 4.69) is 15.4 Å². The second-order valence-corrected chi connectivity index (χ2v) is 5.50. The molecular formula is C13H21N5O2. The molecule has 2 aliphatic heterocycles. The van der Waals surface area contributed by atoms with Crippen molar-refractivity contribution in [2.75, 3.05) is 26.2 Å². The Kier molecular flexibility index (Phi) is 3.98. The Morgan fingerprint density at radius 2 is 2.45 bits per heavy atom. The van der Waals surface area contributed by atoms with E-state index in [0.29, 0.717) is 32.3 Å². The number of nitrogens with one attached hydrogen (secondary N) is 1. The summed E-state index contributed by atoms with van der Waals surface area (Å²) in [6.45, 7) is 5.21. The number of carbonyl (C=O) groups excluding carboxylic acids is 1. The van der Waals surface area contributed by atoms with Crippen LogP contribution >= 0.6 is 0 Å². The van der Waals surface area contributed by atoms with Gasteiger partial charge in [-0.05, 0) is 13.3 Å². The molecule has 7 heteroatoms. The van der Waals surface area contributed by atoms with Crippen LogP contribution in [0.1, 0.15) is 19.2 Å². The van der Waals surface area contributed by atoms with Gasteiger partial charge in [-0.25, -0.2) is 9.67 Å². The van der Waals surface area contributed by atoms with Crippen LogP contribution in [0, 0.1) is 0 Å². The molecule has 20 heavy (non-hydrogen) atoms. The third kappa shape index (κ3) is 2.99. The highest BCUT2D eigenvalue weighted by Crippen LogP contribution is 2.11. The molecule has 1 fully saturated rings. The number of fused-ring (bicyclic) bond motifs is 1. The van der Waals surface area contributed by atoms with Gasteiger partial charge in [0.05, 0.1) is 25.8 Å². The Bertz CT molecular complexity index is 475. The Hall–Kier alpha value is -1.47. The van der Waals surface area contributed by atoms with E-state index in [-0.39, 0.29) is 12.0 Å². The lowest BCUT2D eigenvalue weighted by Crippen LogP contribution is -2.49. The molecule has 7 nitrogen and oxygen atoms in total. The van der Waals surface area contributed by atoms with E-state index >= 15 is 0 Å². The number of amides is 1. The van der Waals surface area contributed by atoms with Crippen LogP contribution in [-0.4, -0.2) is 64.0 Å². The number of aromatic nitrogens is 3. The van der Waals surface area contributed by atoms with Crippen molar-refractivity contribution in [3.63, 3.8) is 0 Å². The molecule has 2 aliphatic rings. The van der Waals surface area contributed by atoms with E-state index in [1.807, 2.05) is 16.5 Å². The summed E-state index contributed by atoms with van der Waals surface area (Å²) in [4.78, 5) is 18.2. The van der Waals surface area contributed by atoms with Crippen molar-refractivity contribution in [2.45, 2.75) is 38.5 Å². The van der Waals surface area contributed by atoms with E-state index in [1.54, 1.807) is 6.33 Å². The summed E-state index contributed by atoms with van der Waals surface area (Å²) in [5.74, 6) is 1.20. The van der Waals surface area contributed by atoms with Crippen LogP contribution < -0.4 is 5.32 Å². The van der Waals surface area contributed by atoms with Crippen molar-refractivity contribution < 1.29 is 9.53 Å². The minimum absolute atomic E-state index is 0.139. The van der Waals surface area contributed by atoms with Gasteiger partial charge in [-0.2, -0.15) is 5.10 Å². The Morgan fingerprint density at radius 3 is 3.30 bits per heavy atom. The lowest BCUT2D eigenvalue weighted by molar-refractivity contribution is -0.137. The van der Waals surface area contributed by atoms with Crippen molar-refractivity contribution >= 4 is 5.91 Å². The first-order chi connectivity index (χ1) is 9.72.